The summed E-state index contributed by atoms with van der Waals surface area (Å²) < 4.78 is 2.83. The fraction of sp³-hybridized carbons (Fsp3) is 0.692. The van der Waals surface area contributed by atoms with E-state index in [1.54, 1.807) is 19.0 Å². The van der Waals surface area contributed by atoms with E-state index in [1.165, 1.54) is 0 Å². The quantitative estimate of drug-likeness (QED) is 0.857. The summed E-state index contributed by atoms with van der Waals surface area (Å²) in [5, 5.41) is 4.58. The molecule has 0 bridgehead atoms. The Morgan fingerprint density at radius 3 is 2.39 bits per heavy atom. The predicted octanol–water partition coefficient (Wildman–Crippen LogP) is 2.80. The number of nitrogens with zero attached hydrogens (tertiary/aromatic N) is 3. The first-order valence-corrected chi connectivity index (χ1v) is 6.99. The lowest BCUT2D eigenvalue weighted by atomic mass is 10.1. The van der Waals surface area contributed by atoms with E-state index in [2.05, 4.69) is 34.9 Å². The van der Waals surface area contributed by atoms with Crippen molar-refractivity contribution in [2.75, 3.05) is 14.1 Å². The van der Waals surface area contributed by atoms with Crippen molar-refractivity contribution in [3.05, 3.63) is 15.9 Å². The topological polar surface area (TPSA) is 38.1 Å². The van der Waals surface area contributed by atoms with Crippen LogP contribution in [0.3, 0.4) is 0 Å². The van der Waals surface area contributed by atoms with E-state index in [0.29, 0.717) is 5.92 Å². The maximum absolute atomic E-state index is 12.0. The Balaban J connectivity index is 3.07. The number of carbonyl (C=O) groups excluding carboxylic acids is 1. The maximum atomic E-state index is 12.0. The molecule has 4 nitrogen and oxygen atoms in total. The molecule has 0 N–H and O–H groups in total. The van der Waals surface area contributed by atoms with Gasteiger partial charge in [0.05, 0.1) is 15.9 Å². The second kappa shape index (κ2) is 5.87. The van der Waals surface area contributed by atoms with E-state index >= 15 is 0 Å². The molecule has 1 aromatic heterocycles. The first-order chi connectivity index (χ1) is 8.25. The second-order valence-electron chi connectivity index (χ2n) is 5.30. The summed E-state index contributed by atoms with van der Waals surface area (Å²) in [6, 6.07) is -0.266. The van der Waals surface area contributed by atoms with Gasteiger partial charge in [0.25, 0.3) is 0 Å². The van der Waals surface area contributed by atoms with E-state index in [0.717, 1.165) is 22.3 Å². The van der Waals surface area contributed by atoms with Crippen molar-refractivity contribution < 1.29 is 4.79 Å². The van der Waals surface area contributed by atoms with Gasteiger partial charge < -0.3 is 4.90 Å². The summed E-state index contributed by atoms with van der Waals surface area (Å²) in [5.41, 5.74) is 2.04. The molecular weight excluding hydrogens is 294 g/mol. The Kier molecular flexibility index (Phi) is 4.96. The monoisotopic (exact) mass is 315 g/mol. The van der Waals surface area contributed by atoms with E-state index in [-0.39, 0.29) is 11.9 Å². The van der Waals surface area contributed by atoms with Crippen LogP contribution < -0.4 is 0 Å². The third-order valence-corrected chi connectivity index (χ3v) is 3.94. The summed E-state index contributed by atoms with van der Waals surface area (Å²) >= 11 is 3.58. The number of likely N-dealkylation sites (N-methyl/N-ethyl adjacent to an activating group) is 1. The molecule has 102 valence electrons. The van der Waals surface area contributed by atoms with Gasteiger partial charge in [0.1, 0.15) is 6.04 Å². The van der Waals surface area contributed by atoms with Crippen LogP contribution >= 0.6 is 15.9 Å². The largest absolute Gasteiger partial charge is 0.347 e. The van der Waals surface area contributed by atoms with Crippen LogP contribution in [0.5, 0.6) is 0 Å². The zero-order valence-corrected chi connectivity index (χ0v) is 13.6. The van der Waals surface area contributed by atoms with Crippen molar-refractivity contribution in [3.8, 4) is 0 Å². The number of hydrogen-bond donors (Lipinski definition) is 0. The van der Waals surface area contributed by atoms with Crippen molar-refractivity contribution in [3.63, 3.8) is 0 Å². The molecule has 0 radical (unpaired) electrons. The van der Waals surface area contributed by atoms with Gasteiger partial charge in [0.2, 0.25) is 5.91 Å². The molecule has 0 aliphatic rings. The van der Waals surface area contributed by atoms with Gasteiger partial charge >= 0.3 is 0 Å². The van der Waals surface area contributed by atoms with E-state index in [9.17, 15) is 4.79 Å². The molecular formula is C13H22BrN3O. The lowest BCUT2D eigenvalue weighted by Crippen LogP contribution is -2.31. The minimum Gasteiger partial charge on any atom is -0.347 e. The van der Waals surface area contributed by atoms with E-state index in [4.69, 9.17) is 0 Å². The zero-order valence-electron chi connectivity index (χ0n) is 12.0. The molecule has 1 amide bonds. The molecule has 18 heavy (non-hydrogen) atoms. The zero-order chi connectivity index (χ0) is 14.0. The van der Waals surface area contributed by atoms with Gasteiger partial charge in [-0.3, -0.25) is 9.48 Å². The van der Waals surface area contributed by atoms with Gasteiger partial charge in [-0.15, -0.1) is 0 Å². The fourth-order valence-electron chi connectivity index (χ4n) is 1.93. The van der Waals surface area contributed by atoms with E-state index < -0.39 is 0 Å². The molecule has 0 saturated heterocycles. The smallest absolute Gasteiger partial charge is 0.246 e. The number of carbonyl (C=O) groups is 1. The molecule has 0 aliphatic carbocycles. The highest BCUT2D eigenvalue weighted by Crippen LogP contribution is 2.25. The first kappa shape index (κ1) is 15.2. The lowest BCUT2D eigenvalue weighted by molar-refractivity contribution is -0.132. The number of aromatic nitrogens is 2. The maximum Gasteiger partial charge on any atom is 0.246 e. The highest BCUT2D eigenvalue weighted by molar-refractivity contribution is 9.10. The lowest BCUT2D eigenvalue weighted by Gasteiger charge is -2.18. The van der Waals surface area contributed by atoms with Crippen LogP contribution in [0.15, 0.2) is 4.47 Å². The Morgan fingerprint density at radius 2 is 1.94 bits per heavy atom. The predicted molar refractivity (Wildman–Crippen MR) is 76.6 cm³/mol. The van der Waals surface area contributed by atoms with Crippen molar-refractivity contribution in [2.45, 2.75) is 40.2 Å². The standard InChI is InChI=1S/C13H22BrN3O/c1-8(2)7-11-12(14)9(3)17(15-11)10(4)13(18)16(5)6/h8,10H,7H2,1-6H3. The van der Waals surface area contributed by atoms with Crippen molar-refractivity contribution in [1.82, 2.24) is 14.7 Å². The average Bonchev–Trinajstić information content (AvgIpc) is 2.54. The summed E-state index contributed by atoms with van der Waals surface area (Å²) in [4.78, 5) is 13.6. The molecule has 0 aliphatic heterocycles. The van der Waals surface area contributed by atoms with Crippen LogP contribution in [0, 0.1) is 12.8 Å². The van der Waals surface area contributed by atoms with Crippen molar-refractivity contribution in [2.24, 2.45) is 5.92 Å². The van der Waals surface area contributed by atoms with Crippen LogP contribution in [0.25, 0.3) is 0 Å². The number of hydrogen-bond acceptors (Lipinski definition) is 2. The number of amides is 1. The first-order valence-electron chi connectivity index (χ1n) is 6.20. The second-order valence-corrected chi connectivity index (χ2v) is 6.09. The SMILES string of the molecule is Cc1c(Br)c(CC(C)C)nn1C(C)C(=O)N(C)C. The van der Waals surface area contributed by atoms with Crippen LogP contribution in [0.2, 0.25) is 0 Å². The summed E-state index contributed by atoms with van der Waals surface area (Å²) in [5.74, 6) is 0.605. The fourth-order valence-corrected chi connectivity index (χ4v) is 2.35. The van der Waals surface area contributed by atoms with Crippen LogP contribution in [-0.4, -0.2) is 34.7 Å². The molecule has 1 atom stereocenters. The third-order valence-electron chi connectivity index (χ3n) is 2.91. The van der Waals surface area contributed by atoms with E-state index in [1.807, 2.05) is 18.5 Å². The average molecular weight is 316 g/mol. The van der Waals surface area contributed by atoms with Gasteiger partial charge in [-0.25, -0.2) is 0 Å². The molecule has 0 aromatic carbocycles. The molecule has 1 rings (SSSR count). The minimum absolute atomic E-state index is 0.0594. The Bertz CT molecular complexity index is 438. The number of halogens is 1. The number of rotatable bonds is 4. The van der Waals surface area contributed by atoms with Crippen molar-refractivity contribution in [1.29, 1.82) is 0 Å². The summed E-state index contributed by atoms with van der Waals surface area (Å²) in [6.45, 7) is 8.19. The minimum atomic E-state index is -0.266. The van der Waals surface area contributed by atoms with Gasteiger partial charge in [-0.2, -0.15) is 5.10 Å². The Labute approximate surface area is 117 Å². The highest BCUT2D eigenvalue weighted by atomic mass is 79.9. The normalized spacial score (nSPS) is 12.9. The molecule has 1 aromatic rings. The molecule has 0 fully saturated rings. The van der Waals surface area contributed by atoms with Crippen LogP contribution in [-0.2, 0) is 11.2 Å². The van der Waals surface area contributed by atoms with Gasteiger partial charge in [0, 0.05) is 14.1 Å². The van der Waals surface area contributed by atoms with Gasteiger partial charge in [0.15, 0.2) is 0 Å². The molecule has 0 saturated carbocycles. The van der Waals surface area contributed by atoms with Gasteiger partial charge in [-0.05, 0) is 42.1 Å². The summed E-state index contributed by atoms with van der Waals surface area (Å²) in [7, 11) is 3.53. The Hall–Kier alpha value is -0.840. The Morgan fingerprint density at radius 1 is 1.39 bits per heavy atom. The van der Waals surface area contributed by atoms with Crippen LogP contribution in [0.4, 0.5) is 0 Å². The highest BCUT2D eigenvalue weighted by Gasteiger charge is 2.22. The van der Waals surface area contributed by atoms with Crippen LogP contribution in [0.1, 0.15) is 38.2 Å². The molecule has 1 unspecified atom stereocenters. The van der Waals surface area contributed by atoms with Gasteiger partial charge in [-0.1, -0.05) is 13.8 Å². The molecule has 0 spiro atoms. The molecule has 5 heteroatoms. The summed E-state index contributed by atoms with van der Waals surface area (Å²) in [6.07, 6.45) is 0.914. The molecule has 1 heterocycles. The third kappa shape index (κ3) is 3.13. The van der Waals surface area contributed by atoms with Crippen molar-refractivity contribution >= 4 is 21.8 Å².